The molecule has 1 N–H and O–H groups in total. The number of rotatable bonds is 21. The van der Waals surface area contributed by atoms with E-state index in [1.807, 2.05) is 12.1 Å². The smallest absolute Gasteiger partial charge is 0.130 e. The number of nitrogens with one attached hydrogen (secondary N) is 1. The van der Waals surface area contributed by atoms with Gasteiger partial charge in [0.25, 0.3) is 0 Å². The molecule has 0 radical (unpaired) electrons. The average Bonchev–Trinajstić information content (AvgIpc) is 2.82. The molecule has 0 fully saturated rings. The summed E-state index contributed by atoms with van der Waals surface area (Å²) < 4.78 is 16.3. The number of hydrogen-bond acceptors (Lipinski definition) is 4. The predicted octanol–water partition coefficient (Wildman–Crippen LogP) is 7.84. The van der Waals surface area contributed by atoms with Gasteiger partial charge in [0, 0.05) is 18.7 Å². The molecule has 0 spiro atoms. The number of unbranched alkanes of at least 4 members (excludes halogenated alkanes) is 12. The summed E-state index contributed by atoms with van der Waals surface area (Å²) in [5.41, 5.74) is 1.04. The van der Waals surface area contributed by atoms with E-state index in [1.54, 1.807) is 21.3 Å². The highest BCUT2D eigenvalue weighted by molar-refractivity contribution is 5.50. The normalized spacial score (nSPS) is 11.2. The largest absolute Gasteiger partial charge is 0.496 e. The Hall–Kier alpha value is -1.68. The molecule has 1 aromatic rings. The van der Waals surface area contributed by atoms with Crippen molar-refractivity contribution in [3.63, 3.8) is 0 Å². The van der Waals surface area contributed by atoms with Crippen molar-refractivity contribution in [1.29, 1.82) is 0 Å². The van der Waals surface area contributed by atoms with Gasteiger partial charge in [-0.15, -0.1) is 0 Å². The van der Waals surface area contributed by atoms with Gasteiger partial charge in [0.15, 0.2) is 0 Å². The Labute approximate surface area is 198 Å². The number of allylic oxidation sites excluding steroid dienone is 2. The van der Waals surface area contributed by atoms with Gasteiger partial charge in [-0.3, -0.25) is 0 Å². The molecular formula is C28H49NO3. The minimum atomic E-state index is 0.738. The number of benzene rings is 1. The predicted molar refractivity (Wildman–Crippen MR) is 137 cm³/mol. The second-order valence-corrected chi connectivity index (χ2v) is 8.63. The van der Waals surface area contributed by atoms with Gasteiger partial charge in [0.2, 0.25) is 0 Å². The topological polar surface area (TPSA) is 39.7 Å². The summed E-state index contributed by atoms with van der Waals surface area (Å²) in [6, 6.07) is 3.81. The van der Waals surface area contributed by atoms with E-state index in [2.05, 4.69) is 24.4 Å². The summed E-state index contributed by atoms with van der Waals surface area (Å²) in [5.74, 6) is 2.35. The molecule has 0 amide bonds. The zero-order valence-corrected chi connectivity index (χ0v) is 21.3. The van der Waals surface area contributed by atoms with Crippen molar-refractivity contribution in [1.82, 2.24) is 5.32 Å². The van der Waals surface area contributed by atoms with Gasteiger partial charge in [-0.2, -0.15) is 0 Å². The van der Waals surface area contributed by atoms with Crippen LogP contribution in [0.1, 0.15) is 102 Å². The number of methoxy groups -OCH3 is 3. The summed E-state index contributed by atoms with van der Waals surface area (Å²) in [5, 5.41) is 3.53. The molecule has 0 aliphatic heterocycles. The molecule has 32 heavy (non-hydrogen) atoms. The van der Waals surface area contributed by atoms with Gasteiger partial charge in [-0.1, -0.05) is 76.9 Å². The molecule has 1 rings (SSSR count). The van der Waals surface area contributed by atoms with E-state index >= 15 is 0 Å². The minimum absolute atomic E-state index is 0.738. The van der Waals surface area contributed by atoms with E-state index in [0.717, 1.165) is 35.9 Å². The van der Waals surface area contributed by atoms with Crippen LogP contribution in [0.5, 0.6) is 17.2 Å². The Morgan fingerprint density at radius 1 is 0.656 bits per heavy atom. The van der Waals surface area contributed by atoms with E-state index in [0.29, 0.717) is 0 Å². The Bertz CT molecular complexity index is 575. The van der Waals surface area contributed by atoms with Crippen LogP contribution in [0.15, 0.2) is 24.3 Å². The van der Waals surface area contributed by atoms with E-state index < -0.39 is 0 Å². The Balaban J connectivity index is 2.00. The van der Waals surface area contributed by atoms with Crippen LogP contribution in [-0.4, -0.2) is 27.9 Å². The van der Waals surface area contributed by atoms with Crippen LogP contribution in [0.2, 0.25) is 0 Å². The van der Waals surface area contributed by atoms with Crippen LogP contribution in [-0.2, 0) is 6.54 Å². The first kappa shape index (κ1) is 28.4. The lowest BCUT2D eigenvalue weighted by molar-refractivity contribution is 0.366. The quantitative estimate of drug-likeness (QED) is 0.154. The van der Waals surface area contributed by atoms with Crippen molar-refractivity contribution in [3.05, 3.63) is 29.8 Å². The van der Waals surface area contributed by atoms with E-state index in [1.165, 1.54) is 89.9 Å². The van der Waals surface area contributed by atoms with Gasteiger partial charge in [0.05, 0.1) is 26.9 Å². The van der Waals surface area contributed by atoms with E-state index in [9.17, 15) is 0 Å². The Morgan fingerprint density at radius 3 is 1.66 bits per heavy atom. The molecule has 0 saturated carbocycles. The third-order valence-electron chi connectivity index (χ3n) is 5.98. The van der Waals surface area contributed by atoms with E-state index in [-0.39, 0.29) is 0 Å². The fourth-order valence-corrected chi connectivity index (χ4v) is 3.96. The van der Waals surface area contributed by atoms with Crippen molar-refractivity contribution >= 4 is 0 Å². The van der Waals surface area contributed by atoms with Crippen LogP contribution < -0.4 is 19.5 Å². The van der Waals surface area contributed by atoms with Gasteiger partial charge in [-0.05, 0) is 38.6 Å². The van der Waals surface area contributed by atoms with Crippen molar-refractivity contribution in [2.24, 2.45) is 0 Å². The summed E-state index contributed by atoms with van der Waals surface area (Å²) in [6.07, 6.45) is 23.5. The molecular weight excluding hydrogens is 398 g/mol. The highest BCUT2D eigenvalue weighted by Crippen LogP contribution is 2.33. The summed E-state index contributed by atoms with van der Waals surface area (Å²) in [6.45, 7) is 4.03. The molecule has 0 unspecified atom stereocenters. The van der Waals surface area contributed by atoms with Gasteiger partial charge in [0.1, 0.15) is 17.2 Å². The molecule has 0 saturated heterocycles. The van der Waals surface area contributed by atoms with Crippen molar-refractivity contribution < 1.29 is 14.2 Å². The van der Waals surface area contributed by atoms with Gasteiger partial charge < -0.3 is 19.5 Å². The lowest BCUT2D eigenvalue weighted by Crippen LogP contribution is -2.16. The molecule has 184 valence electrons. The molecule has 0 aliphatic rings. The second kappa shape index (κ2) is 20.0. The zero-order chi connectivity index (χ0) is 23.3. The molecule has 0 atom stereocenters. The third-order valence-corrected chi connectivity index (χ3v) is 5.98. The number of ether oxygens (including phenoxy) is 3. The highest BCUT2D eigenvalue weighted by Gasteiger charge is 2.12. The number of hydrogen-bond donors (Lipinski definition) is 1. The maximum absolute atomic E-state index is 5.51. The van der Waals surface area contributed by atoms with Crippen molar-refractivity contribution in [2.75, 3.05) is 27.9 Å². The van der Waals surface area contributed by atoms with Crippen LogP contribution in [0.4, 0.5) is 0 Å². The maximum atomic E-state index is 5.51. The van der Waals surface area contributed by atoms with Crippen LogP contribution in [0, 0.1) is 0 Å². The highest BCUT2D eigenvalue weighted by atomic mass is 16.5. The maximum Gasteiger partial charge on any atom is 0.130 e. The third kappa shape index (κ3) is 13.0. The molecule has 4 heteroatoms. The molecule has 0 aliphatic carbocycles. The Morgan fingerprint density at radius 2 is 1.16 bits per heavy atom. The standard InChI is InChI=1S/C28H49NO3/c1-5-6-7-8-9-10-11-12-13-14-15-16-17-18-19-20-21-29-24-26-27(31-3)22-25(30-2)23-28(26)32-4/h12-13,22-23,29H,5-11,14-21,24H2,1-4H3/b13-12-. The van der Waals surface area contributed by atoms with Gasteiger partial charge in [-0.25, -0.2) is 0 Å². The van der Waals surface area contributed by atoms with Gasteiger partial charge >= 0.3 is 0 Å². The SMILES string of the molecule is CCCCCCCC/C=C\CCCCCCCCNCc1c(OC)cc(OC)cc1OC. The summed E-state index contributed by atoms with van der Waals surface area (Å²) in [7, 11) is 5.02. The first-order valence-corrected chi connectivity index (χ1v) is 12.9. The second-order valence-electron chi connectivity index (χ2n) is 8.63. The average molecular weight is 448 g/mol. The monoisotopic (exact) mass is 447 g/mol. The fourth-order valence-electron chi connectivity index (χ4n) is 3.96. The van der Waals surface area contributed by atoms with Crippen LogP contribution in [0.25, 0.3) is 0 Å². The molecule has 0 heterocycles. The summed E-state index contributed by atoms with van der Waals surface area (Å²) >= 11 is 0. The molecule has 0 bridgehead atoms. The lowest BCUT2D eigenvalue weighted by Gasteiger charge is -2.15. The minimum Gasteiger partial charge on any atom is -0.496 e. The summed E-state index contributed by atoms with van der Waals surface area (Å²) in [4.78, 5) is 0. The molecule has 0 aromatic heterocycles. The molecule has 4 nitrogen and oxygen atoms in total. The first-order chi connectivity index (χ1) is 15.8. The zero-order valence-electron chi connectivity index (χ0n) is 21.3. The van der Waals surface area contributed by atoms with Crippen LogP contribution >= 0.6 is 0 Å². The van der Waals surface area contributed by atoms with Crippen LogP contribution in [0.3, 0.4) is 0 Å². The van der Waals surface area contributed by atoms with E-state index in [4.69, 9.17) is 14.2 Å². The van der Waals surface area contributed by atoms with Crippen molar-refractivity contribution in [3.8, 4) is 17.2 Å². The fraction of sp³-hybridized carbons (Fsp3) is 0.714. The lowest BCUT2D eigenvalue weighted by atomic mass is 10.1. The first-order valence-electron chi connectivity index (χ1n) is 12.9. The molecule has 1 aromatic carbocycles. The van der Waals surface area contributed by atoms with Crippen molar-refractivity contribution in [2.45, 2.75) is 103 Å². The Kier molecular flexibility index (Phi) is 17.7.